The third-order valence-corrected chi connectivity index (χ3v) is 8.67. The highest BCUT2D eigenvalue weighted by atomic mass is 32.2. The summed E-state index contributed by atoms with van der Waals surface area (Å²) in [6, 6.07) is 3.93. The molecule has 13 nitrogen and oxygen atoms in total. The first kappa shape index (κ1) is 28.6. The fourth-order valence-electron chi connectivity index (χ4n) is 5.68. The SMILES string of the molecule is CN1CCN(c2cnc(NC3CCC(Oc4nc(N5CCOCC5)cc5ncc(NS(C)(=O)=O)cc45)CC3)nc2)CC1. The molecule has 1 aliphatic carbocycles. The zero-order valence-electron chi connectivity index (χ0n) is 24.2. The lowest BCUT2D eigenvalue weighted by Crippen LogP contribution is -2.44. The van der Waals surface area contributed by atoms with Crippen molar-refractivity contribution in [2.45, 2.75) is 37.8 Å². The van der Waals surface area contributed by atoms with Crippen molar-refractivity contribution >= 4 is 44.1 Å². The number of hydrogen-bond acceptors (Lipinski definition) is 12. The Bertz CT molecular complexity index is 1470. The molecule has 226 valence electrons. The van der Waals surface area contributed by atoms with Crippen LogP contribution in [-0.4, -0.2) is 111 Å². The molecule has 2 N–H and O–H groups in total. The van der Waals surface area contributed by atoms with E-state index in [4.69, 9.17) is 14.5 Å². The Morgan fingerprint density at radius 2 is 1.62 bits per heavy atom. The number of anilines is 4. The van der Waals surface area contributed by atoms with Crippen LogP contribution in [-0.2, 0) is 14.8 Å². The third kappa shape index (κ3) is 7.10. The van der Waals surface area contributed by atoms with E-state index in [2.05, 4.69) is 46.7 Å². The molecule has 0 atom stereocenters. The van der Waals surface area contributed by atoms with Gasteiger partial charge in [0.2, 0.25) is 21.9 Å². The van der Waals surface area contributed by atoms with E-state index in [1.54, 1.807) is 6.07 Å². The Kier molecular flexibility index (Phi) is 8.45. The minimum absolute atomic E-state index is 0.0225. The smallest absolute Gasteiger partial charge is 0.229 e. The normalized spacial score (nSPS) is 22.2. The summed E-state index contributed by atoms with van der Waals surface area (Å²) in [5.41, 5.74) is 2.14. The van der Waals surface area contributed by atoms with Gasteiger partial charge in [-0.1, -0.05) is 0 Å². The molecule has 6 rings (SSSR count). The molecule has 0 bridgehead atoms. The highest BCUT2D eigenvalue weighted by molar-refractivity contribution is 7.92. The second-order valence-corrected chi connectivity index (χ2v) is 13.1. The Morgan fingerprint density at radius 1 is 0.905 bits per heavy atom. The molecule has 0 unspecified atom stereocenters. The van der Waals surface area contributed by atoms with Crippen molar-refractivity contribution in [1.82, 2.24) is 24.8 Å². The van der Waals surface area contributed by atoms with Crippen molar-refractivity contribution in [1.29, 1.82) is 0 Å². The highest BCUT2D eigenvalue weighted by Crippen LogP contribution is 2.33. The zero-order valence-corrected chi connectivity index (χ0v) is 25.0. The summed E-state index contributed by atoms with van der Waals surface area (Å²) in [6.45, 7) is 6.82. The van der Waals surface area contributed by atoms with Crippen LogP contribution in [0.5, 0.6) is 5.88 Å². The van der Waals surface area contributed by atoms with Crippen LogP contribution in [0.1, 0.15) is 25.7 Å². The van der Waals surface area contributed by atoms with Gasteiger partial charge in [0.15, 0.2) is 0 Å². The fourth-order valence-corrected chi connectivity index (χ4v) is 6.22. The summed E-state index contributed by atoms with van der Waals surface area (Å²) in [6.07, 6.45) is 9.95. The van der Waals surface area contributed by atoms with Crippen LogP contribution in [0.15, 0.2) is 30.7 Å². The predicted octanol–water partition coefficient (Wildman–Crippen LogP) is 2.18. The van der Waals surface area contributed by atoms with Crippen molar-refractivity contribution in [2.75, 3.05) is 85.6 Å². The second-order valence-electron chi connectivity index (χ2n) is 11.3. The number of nitrogens with one attached hydrogen (secondary N) is 2. The minimum atomic E-state index is -3.45. The number of pyridine rings is 2. The molecule has 0 spiro atoms. The lowest BCUT2D eigenvalue weighted by molar-refractivity contribution is 0.122. The first-order chi connectivity index (χ1) is 20.3. The number of ether oxygens (including phenoxy) is 2. The van der Waals surface area contributed by atoms with E-state index in [-0.39, 0.29) is 12.1 Å². The number of rotatable bonds is 8. The van der Waals surface area contributed by atoms with Crippen LogP contribution < -0.4 is 24.6 Å². The molecule has 1 saturated carbocycles. The average molecular weight is 598 g/mol. The van der Waals surface area contributed by atoms with E-state index in [0.29, 0.717) is 41.6 Å². The quantitative estimate of drug-likeness (QED) is 0.394. The molecule has 3 aromatic rings. The number of hydrogen-bond donors (Lipinski definition) is 2. The van der Waals surface area contributed by atoms with Crippen molar-refractivity contribution in [3.05, 3.63) is 30.7 Å². The van der Waals surface area contributed by atoms with Crippen LogP contribution in [0.4, 0.5) is 23.1 Å². The average Bonchev–Trinajstić information content (AvgIpc) is 2.99. The van der Waals surface area contributed by atoms with Crippen LogP contribution in [0.3, 0.4) is 0 Å². The minimum Gasteiger partial charge on any atom is -0.474 e. The molecule has 3 aromatic heterocycles. The maximum Gasteiger partial charge on any atom is 0.229 e. The number of morpholine rings is 1. The third-order valence-electron chi connectivity index (χ3n) is 8.06. The lowest BCUT2D eigenvalue weighted by atomic mass is 9.93. The van der Waals surface area contributed by atoms with Crippen LogP contribution in [0.25, 0.3) is 10.9 Å². The van der Waals surface area contributed by atoms with Gasteiger partial charge in [0.25, 0.3) is 0 Å². The predicted molar refractivity (Wildman–Crippen MR) is 163 cm³/mol. The first-order valence-corrected chi connectivity index (χ1v) is 16.5. The summed E-state index contributed by atoms with van der Waals surface area (Å²) < 4.78 is 38.2. The Morgan fingerprint density at radius 3 is 2.31 bits per heavy atom. The van der Waals surface area contributed by atoms with E-state index in [0.717, 1.165) is 82.7 Å². The number of sulfonamides is 1. The summed E-state index contributed by atoms with van der Waals surface area (Å²) in [5, 5.41) is 4.18. The Labute approximate surface area is 246 Å². The zero-order chi connectivity index (χ0) is 29.1. The summed E-state index contributed by atoms with van der Waals surface area (Å²) in [5.74, 6) is 1.91. The monoisotopic (exact) mass is 597 g/mol. The Balaban J connectivity index is 1.12. The van der Waals surface area contributed by atoms with Crippen LogP contribution in [0.2, 0.25) is 0 Å². The maximum absolute atomic E-state index is 11.8. The van der Waals surface area contributed by atoms with E-state index in [9.17, 15) is 8.42 Å². The molecule has 2 aliphatic heterocycles. The maximum atomic E-state index is 11.8. The van der Waals surface area contributed by atoms with Crippen LogP contribution in [0, 0.1) is 0 Å². The van der Waals surface area contributed by atoms with Gasteiger partial charge in [-0.2, -0.15) is 4.98 Å². The van der Waals surface area contributed by atoms with E-state index in [1.165, 1.54) is 6.20 Å². The molecule has 2 saturated heterocycles. The van der Waals surface area contributed by atoms with Gasteiger partial charge in [0.1, 0.15) is 11.9 Å². The fraction of sp³-hybridized carbons (Fsp3) is 0.571. The molecule has 3 aliphatic rings. The van der Waals surface area contributed by atoms with Gasteiger partial charge in [-0.3, -0.25) is 9.71 Å². The topological polar surface area (TPSA) is 138 Å². The van der Waals surface area contributed by atoms with Gasteiger partial charge in [-0.15, -0.1) is 0 Å². The van der Waals surface area contributed by atoms with Crippen molar-refractivity contribution in [2.24, 2.45) is 0 Å². The number of piperazine rings is 1. The van der Waals surface area contributed by atoms with Gasteiger partial charge in [0.05, 0.1) is 60.3 Å². The molecule has 14 heteroatoms. The van der Waals surface area contributed by atoms with Gasteiger partial charge >= 0.3 is 0 Å². The molecule has 3 fully saturated rings. The first-order valence-electron chi connectivity index (χ1n) is 14.6. The van der Waals surface area contributed by atoms with E-state index >= 15 is 0 Å². The molecule has 0 aromatic carbocycles. The summed E-state index contributed by atoms with van der Waals surface area (Å²) in [7, 11) is -1.30. The van der Waals surface area contributed by atoms with E-state index in [1.807, 2.05) is 18.5 Å². The molecular weight excluding hydrogens is 558 g/mol. The van der Waals surface area contributed by atoms with Gasteiger partial charge < -0.3 is 29.5 Å². The van der Waals surface area contributed by atoms with Gasteiger partial charge in [-0.05, 0) is 38.8 Å². The Hall–Kier alpha value is -3.49. The summed E-state index contributed by atoms with van der Waals surface area (Å²) >= 11 is 0. The molecular formula is C28H39N9O4S. The van der Waals surface area contributed by atoms with Gasteiger partial charge in [0, 0.05) is 51.4 Å². The number of aromatic nitrogens is 4. The molecule has 5 heterocycles. The second kappa shape index (κ2) is 12.4. The molecule has 0 amide bonds. The molecule has 0 radical (unpaired) electrons. The van der Waals surface area contributed by atoms with Crippen LogP contribution >= 0.6 is 0 Å². The van der Waals surface area contributed by atoms with Crippen molar-refractivity contribution in [3.63, 3.8) is 0 Å². The van der Waals surface area contributed by atoms with E-state index < -0.39 is 10.0 Å². The van der Waals surface area contributed by atoms with Gasteiger partial charge in [-0.25, -0.2) is 18.4 Å². The molecule has 42 heavy (non-hydrogen) atoms. The van der Waals surface area contributed by atoms with Crippen molar-refractivity contribution < 1.29 is 17.9 Å². The van der Waals surface area contributed by atoms with Crippen molar-refractivity contribution in [3.8, 4) is 5.88 Å². The highest BCUT2D eigenvalue weighted by Gasteiger charge is 2.25. The standard InChI is InChI=1S/C28H39N9O4S/c1-35-7-9-36(10-8-35)22-18-30-28(31-19-22)32-20-3-5-23(6-4-20)41-27-24-15-21(34-42(2,38)39)17-29-25(24)16-26(33-27)37-11-13-40-14-12-37/h15-20,23,34H,3-14H2,1-2H3,(H,30,31,32). The summed E-state index contributed by atoms with van der Waals surface area (Å²) in [4.78, 5) is 25.4. The number of nitrogens with zero attached hydrogens (tertiary/aromatic N) is 7. The largest absolute Gasteiger partial charge is 0.474 e. The lowest BCUT2D eigenvalue weighted by Gasteiger charge is -2.33. The number of likely N-dealkylation sites (N-methyl/N-ethyl adjacent to an activating group) is 1. The number of fused-ring (bicyclic) bond motifs is 1.